The summed E-state index contributed by atoms with van der Waals surface area (Å²) in [7, 11) is -2.12. The Balaban J connectivity index is 2.36. The molecule has 0 aliphatic rings. The highest BCUT2D eigenvalue weighted by atomic mass is 79.9. The van der Waals surface area contributed by atoms with Gasteiger partial charge in [-0.3, -0.25) is 9.71 Å². The van der Waals surface area contributed by atoms with Crippen LogP contribution in [0.4, 0.5) is 11.5 Å². The van der Waals surface area contributed by atoms with E-state index in [-0.39, 0.29) is 9.92 Å². The molecule has 0 saturated heterocycles. The molecule has 2 aromatic heterocycles. The number of nitrogens with one attached hydrogen (secondary N) is 2. The minimum absolute atomic E-state index is 0.0230. The SMILES string of the molecule is CNc1ncc(S(=O)(=O)Nc2ccncc2Br)cc1Cl. The van der Waals surface area contributed by atoms with Crippen LogP contribution in [-0.2, 0) is 10.0 Å². The van der Waals surface area contributed by atoms with E-state index in [2.05, 4.69) is 35.9 Å². The van der Waals surface area contributed by atoms with Gasteiger partial charge >= 0.3 is 0 Å². The standard InChI is InChI=1S/C11H10BrClN4O2S/c1-14-11-9(13)4-7(5-16-11)20(18,19)17-10-2-3-15-6-8(10)12/h2-6H,1H3,(H,14,16)(H,15,17). The molecule has 6 nitrogen and oxygen atoms in total. The Labute approximate surface area is 129 Å². The van der Waals surface area contributed by atoms with Crippen molar-refractivity contribution in [3.8, 4) is 0 Å². The fraction of sp³-hybridized carbons (Fsp3) is 0.0909. The zero-order valence-corrected chi connectivity index (χ0v) is 13.4. The Kier molecular flexibility index (Phi) is 4.46. The normalized spacial score (nSPS) is 11.2. The molecule has 20 heavy (non-hydrogen) atoms. The van der Waals surface area contributed by atoms with Gasteiger partial charge in [-0.05, 0) is 28.1 Å². The molecule has 0 spiro atoms. The maximum atomic E-state index is 12.2. The monoisotopic (exact) mass is 376 g/mol. The molecular formula is C11H10BrClN4O2S. The first-order valence-electron chi connectivity index (χ1n) is 5.39. The Morgan fingerprint density at radius 1 is 1.35 bits per heavy atom. The average Bonchev–Trinajstić information content (AvgIpc) is 2.41. The summed E-state index contributed by atoms with van der Waals surface area (Å²) in [6, 6.07) is 2.87. The summed E-state index contributed by atoms with van der Waals surface area (Å²) in [5.41, 5.74) is 0.383. The molecule has 106 valence electrons. The van der Waals surface area contributed by atoms with Crippen LogP contribution in [0.5, 0.6) is 0 Å². The highest BCUT2D eigenvalue weighted by Gasteiger charge is 2.17. The molecule has 0 aromatic carbocycles. The lowest BCUT2D eigenvalue weighted by atomic mass is 10.4. The van der Waals surface area contributed by atoms with E-state index < -0.39 is 10.0 Å². The minimum Gasteiger partial charge on any atom is -0.372 e. The lowest BCUT2D eigenvalue weighted by Crippen LogP contribution is -2.14. The van der Waals surface area contributed by atoms with Crippen LogP contribution in [0, 0.1) is 0 Å². The third-order valence-corrected chi connectivity index (χ3v) is 4.63. The topological polar surface area (TPSA) is 84.0 Å². The van der Waals surface area contributed by atoms with Gasteiger partial charge in [0.05, 0.1) is 15.2 Å². The van der Waals surface area contributed by atoms with Crippen molar-refractivity contribution in [2.75, 3.05) is 17.1 Å². The van der Waals surface area contributed by atoms with Crippen LogP contribution >= 0.6 is 27.5 Å². The summed E-state index contributed by atoms with van der Waals surface area (Å²) in [5, 5.41) is 2.98. The van der Waals surface area contributed by atoms with Crippen molar-refractivity contribution < 1.29 is 8.42 Å². The largest absolute Gasteiger partial charge is 0.372 e. The number of halogens is 2. The number of anilines is 2. The molecule has 0 unspecified atom stereocenters. The Morgan fingerprint density at radius 3 is 2.70 bits per heavy atom. The number of pyridine rings is 2. The third-order valence-electron chi connectivity index (χ3n) is 2.38. The van der Waals surface area contributed by atoms with Gasteiger partial charge in [0, 0.05) is 25.6 Å². The first kappa shape index (κ1) is 15.0. The molecular weight excluding hydrogens is 368 g/mol. The van der Waals surface area contributed by atoms with Crippen molar-refractivity contribution in [2.24, 2.45) is 0 Å². The number of sulfonamides is 1. The van der Waals surface area contributed by atoms with Crippen LogP contribution in [0.15, 0.2) is 40.1 Å². The van der Waals surface area contributed by atoms with E-state index in [1.165, 1.54) is 24.7 Å². The number of nitrogens with zero attached hydrogens (tertiary/aromatic N) is 2. The van der Waals surface area contributed by atoms with Crippen LogP contribution in [0.1, 0.15) is 0 Å². The first-order chi connectivity index (χ1) is 9.44. The summed E-state index contributed by atoms with van der Waals surface area (Å²) in [6.45, 7) is 0. The Bertz CT molecular complexity index is 739. The number of hydrogen-bond acceptors (Lipinski definition) is 5. The molecule has 9 heteroatoms. The van der Waals surface area contributed by atoms with Crippen molar-refractivity contribution in [1.82, 2.24) is 9.97 Å². The molecule has 0 radical (unpaired) electrons. The Hall–Kier alpha value is -1.38. The van der Waals surface area contributed by atoms with Crippen LogP contribution < -0.4 is 10.0 Å². The van der Waals surface area contributed by atoms with Gasteiger partial charge in [0.1, 0.15) is 10.7 Å². The zero-order valence-electron chi connectivity index (χ0n) is 10.3. The lowest BCUT2D eigenvalue weighted by Gasteiger charge is -2.10. The molecule has 0 aliphatic carbocycles. The van der Waals surface area contributed by atoms with Gasteiger partial charge in [-0.1, -0.05) is 11.6 Å². The van der Waals surface area contributed by atoms with Crippen LogP contribution in [-0.4, -0.2) is 25.4 Å². The van der Waals surface area contributed by atoms with E-state index in [0.29, 0.717) is 16.0 Å². The van der Waals surface area contributed by atoms with Gasteiger partial charge in [0.2, 0.25) is 0 Å². The van der Waals surface area contributed by atoms with Crippen molar-refractivity contribution in [3.63, 3.8) is 0 Å². The molecule has 0 bridgehead atoms. The van der Waals surface area contributed by atoms with Crippen molar-refractivity contribution >= 4 is 49.1 Å². The zero-order chi connectivity index (χ0) is 14.8. The number of aromatic nitrogens is 2. The molecule has 2 rings (SSSR count). The van der Waals surface area contributed by atoms with E-state index in [1.54, 1.807) is 13.1 Å². The summed E-state index contributed by atoms with van der Waals surface area (Å²) < 4.78 is 27.4. The fourth-order valence-electron chi connectivity index (χ4n) is 1.41. The first-order valence-corrected chi connectivity index (χ1v) is 8.05. The van der Waals surface area contributed by atoms with Crippen molar-refractivity contribution in [3.05, 3.63) is 40.2 Å². The van der Waals surface area contributed by atoms with E-state index in [1.807, 2.05) is 0 Å². The summed E-state index contributed by atoms with van der Waals surface area (Å²) in [6.07, 6.45) is 4.21. The summed E-state index contributed by atoms with van der Waals surface area (Å²) in [4.78, 5) is 7.78. The van der Waals surface area contributed by atoms with Crippen LogP contribution in [0.3, 0.4) is 0 Å². The van der Waals surface area contributed by atoms with E-state index in [4.69, 9.17) is 11.6 Å². The van der Waals surface area contributed by atoms with Crippen LogP contribution in [0.25, 0.3) is 0 Å². The molecule has 0 aliphatic heterocycles. The molecule has 0 fully saturated rings. The second kappa shape index (κ2) is 5.94. The molecule has 2 N–H and O–H groups in total. The highest BCUT2D eigenvalue weighted by Crippen LogP contribution is 2.26. The van der Waals surface area contributed by atoms with Crippen molar-refractivity contribution in [1.29, 1.82) is 0 Å². The summed E-state index contributed by atoms with van der Waals surface area (Å²) >= 11 is 9.15. The van der Waals surface area contributed by atoms with Gasteiger partial charge in [0.15, 0.2) is 0 Å². The maximum Gasteiger partial charge on any atom is 0.263 e. The minimum atomic E-state index is -3.77. The second-order valence-corrected chi connectivity index (χ2v) is 6.66. The maximum absolute atomic E-state index is 12.2. The summed E-state index contributed by atoms with van der Waals surface area (Å²) in [5.74, 6) is 0.413. The number of hydrogen-bond donors (Lipinski definition) is 2. The van der Waals surface area contributed by atoms with Gasteiger partial charge < -0.3 is 5.32 Å². The van der Waals surface area contributed by atoms with Gasteiger partial charge in [-0.15, -0.1) is 0 Å². The number of rotatable bonds is 4. The second-order valence-electron chi connectivity index (χ2n) is 3.71. The predicted octanol–water partition coefficient (Wildman–Crippen LogP) is 2.74. The molecule has 0 atom stereocenters. The molecule has 2 aromatic rings. The Morgan fingerprint density at radius 2 is 2.10 bits per heavy atom. The highest BCUT2D eigenvalue weighted by molar-refractivity contribution is 9.10. The lowest BCUT2D eigenvalue weighted by molar-refractivity contribution is 0.601. The van der Waals surface area contributed by atoms with Gasteiger partial charge in [0.25, 0.3) is 10.0 Å². The smallest absolute Gasteiger partial charge is 0.263 e. The molecule has 0 amide bonds. The third kappa shape index (κ3) is 3.20. The van der Waals surface area contributed by atoms with E-state index >= 15 is 0 Å². The van der Waals surface area contributed by atoms with Gasteiger partial charge in [-0.2, -0.15) is 0 Å². The van der Waals surface area contributed by atoms with Crippen LogP contribution in [0.2, 0.25) is 5.02 Å². The molecule has 2 heterocycles. The average molecular weight is 378 g/mol. The van der Waals surface area contributed by atoms with Crippen molar-refractivity contribution in [2.45, 2.75) is 4.90 Å². The quantitative estimate of drug-likeness (QED) is 0.856. The molecule has 0 saturated carbocycles. The fourth-order valence-corrected chi connectivity index (χ4v) is 3.27. The predicted molar refractivity (Wildman–Crippen MR) is 81.5 cm³/mol. The van der Waals surface area contributed by atoms with E-state index in [9.17, 15) is 8.42 Å². The van der Waals surface area contributed by atoms with E-state index in [0.717, 1.165) is 0 Å². The van der Waals surface area contributed by atoms with Gasteiger partial charge in [-0.25, -0.2) is 13.4 Å².